The van der Waals surface area contributed by atoms with Crippen LogP contribution in [0.3, 0.4) is 0 Å². The van der Waals surface area contributed by atoms with E-state index in [1.165, 1.54) is 25.1 Å². The Kier molecular flexibility index (Phi) is 4.60. The van der Waals surface area contributed by atoms with Gasteiger partial charge in [0.25, 0.3) is 0 Å². The number of methoxy groups -OCH3 is 1. The van der Waals surface area contributed by atoms with E-state index in [4.69, 9.17) is 4.74 Å². The summed E-state index contributed by atoms with van der Waals surface area (Å²) in [6, 6.07) is 7.68. The molecule has 0 aliphatic carbocycles. The number of amides is 2. The monoisotopic (exact) mass is 300 g/mol. The van der Waals surface area contributed by atoms with Crippen LogP contribution in [0.25, 0.3) is 0 Å². The summed E-state index contributed by atoms with van der Waals surface area (Å²) in [7, 11) is 1.48. The number of nitrogens with one attached hydrogen (secondary N) is 2. The van der Waals surface area contributed by atoms with Gasteiger partial charge in [0.1, 0.15) is 0 Å². The van der Waals surface area contributed by atoms with E-state index in [9.17, 15) is 4.79 Å². The van der Waals surface area contributed by atoms with Crippen molar-refractivity contribution in [3.63, 3.8) is 0 Å². The zero-order valence-electron chi connectivity index (χ0n) is 13.2. The first kappa shape index (κ1) is 15.8. The minimum Gasteiger partial charge on any atom is -0.467 e. The average Bonchev–Trinajstić information content (AvgIpc) is 2.47. The van der Waals surface area contributed by atoms with Gasteiger partial charge in [0.05, 0.1) is 25.2 Å². The highest BCUT2D eigenvalue weighted by Gasteiger charge is 2.13. The van der Waals surface area contributed by atoms with Gasteiger partial charge in [0, 0.05) is 5.69 Å². The molecule has 6 heteroatoms. The standard InChI is InChI=1S/C16H20N4O2/c1-16(2,3)11-5-7-12(8-6-11)19-14(21)20-13-9-17-15(22-4)18-10-13/h5-10H,1-4H3,(H2,19,20,21). The Bertz CT molecular complexity index is 631. The van der Waals surface area contributed by atoms with E-state index in [0.717, 1.165) is 5.69 Å². The molecule has 0 bridgehead atoms. The Labute approximate surface area is 129 Å². The van der Waals surface area contributed by atoms with Crippen LogP contribution in [-0.2, 0) is 5.41 Å². The van der Waals surface area contributed by atoms with Crippen LogP contribution in [0.5, 0.6) is 6.01 Å². The molecule has 1 heterocycles. The predicted molar refractivity (Wildman–Crippen MR) is 86.4 cm³/mol. The summed E-state index contributed by atoms with van der Waals surface area (Å²) >= 11 is 0. The molecule has 1 aromatic carbocycles. The molecule has 2 N–H and O–H groups in total. The lowest BCUT2D eigenvalue weighted by atomic mass is 9.87. The summed E-state index contributed by atoms with van der Waals surface area (Å²) in [5.74, 6) is 0. The first-order valence-corrected chi connectivity index (χ1v) is 6.93. The van der Waals surface area contributed by atoms with E-state index in [1.807, 2.05) is 24.3 Å². The SMILES string of the molecule is COc1ncc(NC(=O)Nc2ccc(C(C)(C)C)cc2)cn1. The molecule has 6 nitrogen and oxygen atoms in total. The van der Waals surface area contributed by atoms with Gasteiger partial charge in [-0.25, -0.2) is 14.8 Å². The van der Waals surface area contributed by atoms with Crippen LogP contribution >= 0.6 is 0 Å². The summed E-state index contributed by atoms with van der Waals surface area (Å²) in [4.78, 5) is 19.7. The summed E-state index contributed by atoms with van der Waals surface area (Å²) in [6.07, 6.45) is 2.96. The molecule has 0 radical (unpaired) electrons. The molecule has 22 heavy (non-hydrogen) atoms. The van der Waals surface area contributed by atoms with Gasteiger partial charge in [-0.15, -0.1) is 0 Å². The van der Waals surface area contributed by atoms with Crippen LogP contribution in [0.15, 0.2) is 36.7 Å². The van der Waals surface area contributed by atoms with Gasteiger partial charge in [0.2, 0.25) is 0 Å². The minimum absolute atomic E-state index is 0.0845. The Morgan fingerprint density at radius 1 is 1.00 bits per heavy atom. The number of anilines is 2. The lowest BCUT2D eigenvalue weighted by molar-refractivity contribution is 0.262. The molecular formula is C16H20N4O2. The van der Waals surface area contributed by atoms with Crippen molar-refractivity contribution < 1.29 is 9.53 Å². The largest absolute Gasteiger partial charge is 0.467 e. The van der Waals surface area contributed by atoms with Crippen molar-refractivity contribution >= 4 is 17.4 Å². The molecule has 0 fully saturated rings. The molecule has 1 aromatic heterocycles. The van der Waals surface area contributed by atoms with Crippen molar-refractivity contribution in [3.05, 3.63) is 42.2 Å². The predicted octanol–water partition coefficient (Wildman–Crippen LogP) is 3.43. The fourth-order valence-corrected chi connectivity index (χ4v) is 1.83. The molecule has 0 unspecified atom stereocenters. The number of benzene rings is 1. The van der Waals surface area contributed by atoms with Gasteiger partial charge in [-0.05, 0) is 23.1 Å². The number of urea groups is 1. The van der Waals surface area contributed by atoms with E-state index >= 15 is 0 Å². The minimum atomic E-state index is -0.350. The molecule has 2 aromatic rings. The summed E-state index contributed by atoms with van der Waals surface area (Å²) in [6.45, 7) is 6.43. The maximum atomic E-state index is 11.9. The molecule has 0 saturated carbocycles. The number of hydrogen-bond donors (Lipinski definition) is 2. The zero-order valence-corrected chi connectivity index (χ0v) is 13.2. The molecule has 0 saturated heterocycles. The van der Waals surface area contributed by atoms with E-state index in [0.29, 0.717) is 5.69 Å². The molecule has 0 atom stereocenters. The number of carbonyl (C=O) groups is 1. The van der Waals surface area contributed by atoms with Gasteiger partial charge >= 0.3 is 12.0 Å². The number of aromatic nitrogens is 2. The third kappa shape index (κ3) is 4.18. The van der Waals surface area contributed by atoms with E-state index < -0.39 is 0 Å². The second-order valence-corrected chi connectivity index (χ2v) is 5.86. The van der Waals surface area contributed by atoms with Crippen molar-refractivity contribution in [3.8, 4) is 6.01 Å². The van der Waals surface area contributed by atoms with Crippen LogP contribution < -0.4 is 15.4 Å². The second-order valence-electron chi connectivity index (χ2n) is 5.86. The van der Waals surface area contributed by atoms with Crippen molar-refractivity contribution in [2.45, 2.75) is 26.2 Å². The fourth-order valence-electron chi connectivity index (χ4n) is 1.83. The van der Waals surface area contributed by atoms with Gasteiger partial charge < -0.3 is 15.4 Å². The summed E-state index contributed by atoms with van der Waals surface area (Å²) in [5, 5.41) is 5.42. The lowest BCUT2D eigenvalue weighted by Crippen LogP contribution is -2.20. The number of carbonyl (C=O) groups excluding carboxylic acids is 1. The molecule has 2 amide bonds. The van der Waals surface area contributed by atoms with E-state index in [2.05, 4.69) is 41.4 Å². The molecule has 0 aliphatic rings. The van der Waals surface area contributed by atoms with Crippen LogP contribution in [0, 0.1) is 0 Å². The topological polar surface area (TPSA) is 76.1 Å². The van der Waals surface area contributed by atoms with Crippen LogP contribution in [0.1, 0.15) is 26.3 Å². The highest BCUT2D eigenvalue weighted by molar-refractivity contribution is 5.99. The smallest absolute Gasteiger partial charge is 0.323 e. The number of hydrogen-bond acceptors (Lipinski definition) is 4. The Hall–Kier alpha value is -2.63. The van der Waals surface area contributed by atoms with Crippen molar-refractivity contribution in [1.82, 2.24) is 9.97 Å². The molecular weight excluding hydrogens is 280 g/mol. The van der Waals surface area contributed by atoms with Crippen LogP contribution in [-0.4, -0.2) is 23.1 Å². The Balaban J connectivity index is 1.96. The molecule has 2 rings (SSSR count). The molecule has 0 aliphatic heterocycles. The quantitative estimate of drug-likeness (QED) is 0.910. The molecule has 116 valence electrons. The van der Waals surface area contributed by atoms with E-state index in [-0.39, 0.29) is 17.5 Å². The lowest BCUT2D eigenvalue weighted by Gasteiger charge is -2.19. The van der Waals surface area contributed by atoms with Gasteiger partial charge in [0.15, 0.2) is 0 Å². The third-order valence-corrected chi connectivity index (χ3v) is 3.08. The van der Waals surface area contributed by atoms with Crippen molar-refractivity contribution in [1.29, 1.82) is 0 Å². The normalized spacial score (nSPS) is 10.9. The summed E-state index contributed by atoms with van der Waals surface area (Å²) in [5.41, 5.74) is 2.51. The number of nitrogens with zero attached hydrogens (tertiary/aromatic N) is 2. The van der Waals surface area contributed by atoms with Gasteiger partial charge in [-0.1, -0.05) is 32.9 Å². The fraction of sp³-hybridized carbons (Fsp3) is 0.312. The van der Waals surface area contributed by atoms with Crippen LogP contribution in [0.4, 0.5) is 16.2 Å². The van der Waals surface area contributed by atoms with E-state index in [1.54, 1.807) is 0 Å². The highest BCUT2D eigenvalue weighted by atomic mass is 16.5. The maximum Gasteiger partial charge on any atom is 0.323 e. The Morgan fingerprint density at radius 3 is 2.05 bits per heavy atom. The average molecular weight is 300 g/mol. The van der Waals surface area contributed by atoms with Crippen LogP contribution in [0.2, 0.25) is 0 Å². The number of ether oxygens (including phenoxy) is 1. The van der Waals surface area contributed by atoms with Crippen molar-refractivity contribution in [2.75, 3.05) is 17.7 Å². The summed E-state index contributed by atoms with van der Waals surface area (Å²) < 4.78 is 4.86. The Morgan fingerprint density at radius 2 is 1.55 bits per heavy atom. The van der Waals surface area contributed by atoms with Gasteiger partial charge in [-0.2, -0.15) is 0 Å². The first-order chi connectivity index (χ1) is 10.4. The zero-order chi connectivity index (χ0) is 16.2. The third-order valence-electron chi connectivity index (χ3n) is 3.08. The first-order valence-electron chi connectivity index (χ1n) is 6.93. The highest BCUT2D eigenvalue weighted by Crippen LogP contribution is 2.23. The van der Waals surface area contributed by atoms with Crippen molar-refractivity contribution in [2.24, 2.45) is 0 Å². The second kappa shape index (κ2) is 6.43. The maximum absolute atomic E-state index is 11.9. The number of rotatable bonds is 3. The molecule has 0 spiro atoms. The van der Waals surface area contributed by atoms with Gasteiger partial charge in [-0.3, -0.25) is 0 Å².